The maximum atomic E-state index is 14.3. The zero-order valence-electron chi connectivity index (χ0n) is 19.6. The van der Waals surface area contributed by atoms with Gasteiger partial charge in [0, 0.05) is 48.8 Å². The maximum Gasteiger partial charge on any atom is 0.438 e. The van der Waals surface area contributed by atoms with E-state index >= 15 is 0 Å². The van der Waals surface area contributed by atoms with Crippen molar-refractivity contribution in [3.05, 3.63) is 68.8 Å². The Hall–Kier alpha value is -3.32. The summed E-state index contributed by atoms with van der Waals surface area (Å²) in [6.45, 7) is 0.245. The summed E-state index contributed by atoms with van der Waals surface area (Å²) in [6, 6.07) is 4.45. The molecule has 0 radical (unpaired) electrons. The van der Waals surface area contributed by atoms with Crippen LogP contribution >= 0.6 is 22.9 Å². The van der Waals surface area contributed by atoms with Gasteiger partial charge < -0.3 is 14.5 Å². The first-order valence-electron chi connectivity index (χ1n) is 11.6. The lowest BCUT2D eigenvalue weighted by Gasteiger charge is -2.31. The number of hydrogen-bond donors (Lipinski definition) is 0. The van der Waals surface area contributed by atoms with E-state index < -0.39 is 42.2 Å². The quantitative estimate of drug-likeness (QED) is 0.370. The number of thiazole rings is 1. The van der Waals surface area contributed by atoms with E-state index in [0.717, 1.165) is 18.1 Å². The summed E-state index contributed by atoms with van der Waals surface area (Å²) in [5.41, 5.74) is 0.460. The second kappa shape index (κ2) is 10.8. The van der Waals surface area contributed by atoms with Gasteiger partial charge in [-0.25, -0.2) is 19.3 Å². The van der Waals surface area contributed by atoms with Crippen LogP contribution in [-0.2, 0) is 15.8 Å². The van der Waals surface area contributed by atoms with Gasteiger partial charge in [-0.3, -0.25) is 4.79 Å². The number of likely N-dealkylation sites (tertiary alicyclic amines) is 1. The van der Waals surface area contributed by atoms with Gasteiger partial charge in [0.05, 0.1) is 10.7 Å². The lowest BCUT2D eigenvalue weighted by Crippen LogP contribution is -2.40. The molecule has 4 heterocycles. The van der Waals surface area contributed by atoms with Crippen molar-refractivity contribution in [2.45, 2.75) is 37.5 Å². The number of piperidine rings is 1. The Labute approximate surface area is 223 Å². The number of amides is 1. The molecule has 38 heavy (non-hydrogen) atoms. The highest BCUT2D eigenvalue weighted by atomic mass is 35.5. The average Bonchev–Trinajstić information content (AvgIpc) is 3.57. The van der Waals surface area contributed by atoms with Gasteiger partial charge in [-0.1, -0.05) is 22.8 Å². The summed E-state index contributed by atoms with van der Waals surface area (Å²) >= 11 is 7.56. The highest BCUT2D eigenvalue weighted by Gasteiger charge is 2.38. The Morgan fingerprint density at radius 1 is 1.21 bits per heavy atom. The van der Waals surface area contributed by atoms with E-state index in [-0.39, 0.29) is 16.5 Å². The van der Waals surface area contributed by atoms with Crippen LogP contribution in [0.2, 0.25) is 5.02 Å². The minimum Gasteiger partial charge on any atom is -0.466 e. The number of nitrogens with zero attached hydrogens (tertiary/aromatic N) is 5. The van der Waals surface area contributed by atoms with Crippen LogP contribution in [0.3, 0.4) is 0 Å². The maximum absolute atomic E-state index is 14.3. The number of rotatable bonds is 6. The summed E-state index contributed by atoms with van der Waals surface area (Å²) in [5.74, 6) is -1.52. The monoisotopic (exact) mass is 569 g/mol. The number of halogens is 5. The molecule has 1 atom stereocenters. The fourth-order valence-electron chi connectivity index (χ4n) is 4.35. The third-order valence-corrected chi connectivity index (χ3v) is 7.53. The van der Waals surface area contributed by atoms with E-state index in [1.54, 1.807) is 11.0 Å². The predicted octanol–water partition coefficient (Wildman–Crippen LogP) is 5.40. The van der Waals surface area contributed by atoms with Crippen LogP contribution < -0.4 is 4.74 Å². The minimum atomic E-state index is -4.74. The van der Waals surface area contributed by atoms with E-state index in [2.05, 4.69) is 15.1 Å². The van der Waals surface area contributed by atoms with E-state index in [9.17, 15) is 22.4 Å². The highest BCUT2D eigenvalue weighted by Crippen LogP contribution is 2.37. The number of oxime groups is 1. The number of carbonyl (C=O) groups excluding carboxylic acids is 1. The largest absolute Gasteiger partial charge is 0.466 e. The van der Waals surface area contributed by atoms with E-state index in [0.29, 0.717) is 43.1 Å². The fourth-order valence-corrected chi connectivity index (χ4v) is 5.53. The molecule has 1 fully saturated rings. The van der Waals surface area contributed by atoms with E-state index in [1.807, 2.05) is 5.38 Å². The number of benzene rings is 1. The Kier molecular flexibility index (Phi) is 7.48. The normalized spacial score (nSPS) is 18.3. The zero-order valence-corrected chi connectivity index (χ0v) is 21.2. The molecule has 0 spiro atoms. The lowest BCUT2D eigenvalue weighted by atomic mass is 9.94. The molecule has 1 amide bonds. The topological polar surface area (TPSA) is 89.8 Å². The second-order valence-electron chi connectivity index (χ2n) is 8.70. The number of ether oxygens (including phenoxy) is 1. The van der Waals surface area contributed by atoms with Crippen LogP contribution in [0.5, 0.6) is 5.88 Å². The zero-order chi connectivity index (χ0) is 26.9. The van der Waals surface area contributed by atoms with Gasteiger partial charge in [0.1, 0.15) is 16.5 Å². The molecule has 200 valence electrons. The van der Waals surface area contributed by atoms with Gasteiger partial charge in [0.25, 0.3) is 5.91 Å². The highest BCUT2D eigenvalue weighted by molar-refractivity contribution is 7.11. The Morgan fingerprint density at radius 3 is 2.71 bits per heavy atom. The molecule has 2 aliphatic rings. The Balaban J connectivity index is 1.14. The summed E-state index contributed by atoms with van der Waals surface area (Å²) in [7, 11) is 0. The van der Waals surface area contributed by atoms with Crippen molar-refractivity contribution < 1.29 is 31.9 Å². The molecule has 2 aromatic heterocycles. The average molecular weight is 570 g/mol. The number of alkyl halides is 3. The first-order chi connectivity index (χ1) is 18.2. The summed E-state index contributed by atoms with van der Waals surface area (Å²) in [4.78, 5) is 31.0. The van der Waals surface area contributed by atoms with Gasteiger partial charge in [0.2, 0.25) is 11.6 Å². The third kappa shape index (κ3) is 5.58. The van der Waals surface area contributed by atoms with Crippen molar-refractivity contribution in [3.63, 3.8) is 0 Å². The summed E-state index contributed by atoms with van der Waals surface area (Å²) in [5, 5.41) is 6.97. The van der Waals surface area contributed by atoms with Gasteiger partial charge in [-0.2, -0.15) is 13.2 Å². The Morgan fingerprint density at radius 2 is 1.97 bits per heavy atom. The molecule has 14 heteroatoms. The molecule has 0 N–H and O–H groups in total. The van der Waals surface area contributed by atoms with Crippen LogP contribution in [0, 0.1) is 5.82 Å². The predicted molar refractivity (Wildman–Crippen MR) is 130 cm³/mol. The smallest absolute Gasteiger partial charge is 0.438 e. The fraction of sp³-hybridized carbons (Fsp3) is 0.375. The summed E-state index contributed by atoms with van der Waals surface area (Å²) in [6.07, 6.45) is -1.79. The third-order valence-electron chi connectivity index (χ3n) is 6.29. The molecule has 8 nitrogen and oxygen atoms in total. The minimum absolute atomic E-state index is 0.0986. The number of aromatic nitrogens is 3. The van der Waals surface area contributed by atoms with Crippen LogP contribution in [0.1, 0.15) is 53.2 Å². The molecular formula is C24H20ClF4N5O3S. The molecule has 1 unspecified atom stereocenters. The number of carbonyl (C=O) groups is 1. The molecule has 0 saturated carbocycles. The van der Waals surface area contributed by atoms with Crippen molar-refractivity contribution >= 4 is 34.6 Å². The van der Waals surface area contributed by atoms with Crippen molar-refractivity contribution in [1.29, 1.82) is 0 Å². The molecule has 1 saturated heterocycles. The van der Waals surface area contributed by atoms with Gasteiger partial charge in [-0.05, 0) is 25.0 Å². The molecular weight excluding hydrogens is 550 g/mol. The SMILES string of the molecule is O=C(COc1nccnc1C(F)(F)F)N1CCC(c2csc(C3=NOC(c4c(F)cccc4Cl)C3)n2)CC1. The molecule has 3 aromatic rings. The van der Waals surface area contributed by atoms with Gasteiger partial charge in [-0.15, -0.1) is 11.3 Å². The standard InChI is InChI=1S/C24H20ClF4N5O3S/c25-14-2-1-3-15(26)20(14)18-10-16(33-37-18)23-32-17(12-38-23)13-4-8-34(9-5-13)19(35)11-36-22-21(24(27,28)29)30-6-7-31-22/h1-3,6-7,12-13,18H,4-5,8-11H2. The van der Waals surface area contributed by atoms with Crippen LogP contribution in [0.15, 0.2) is 41.1 Å². The van der Waals surface area contributed by atoms with Crippen molar-refractivity contribution in [2.75, 3.05) is 19.7 Å². The first-order valence-corrected chi connectivity index (χ1v) is 12.9. The first kappa shape index (κ1) is 26.3. The van der Waals surface area contributed by atoms with Crippen molar-refractivity contribution in [1.82, 2.24) is 19.9 Å². The second-order valence-corrected chi connectivity index (χ2v) is 9.97. The molecule has 5 rings (SSSR count). The van der Waals surface area contributed by atoms with Crippen LogP contribution in [-0.4, -0.2) is 51.2 Å². The van der Waals surface area contributed by atoms with E-state index in [1.165, 1.54) is 23.5 Å². The van der Waals surface area contributed by atoms with Crippen LogP contribution in [0.4, 0.5) is 17.6 Å². The summed E-state index contributed by atoms with van der Waals surface area (Å²) < 4.78 is 58.4. The lowest BCUT2D eigenvalue weighted by molar-refractivity contribution is -0.144. The van der Waals surface area contributed by atoms with Gasteiger partial charge in [0.15, 0.2) is 12.7 Å². The van der Waals surface area contributed by atoms with Crippen molar-refractivity contribution in [2.24, 2.45) is 5.16 Å². The van der Waals surface area contributed by atoms with Crippen molar-refractivity contribution in [3.8, 4) is 5.88 Å². The van der Waals surface area contributed by atoms with Gasteiger partial charge >= 0.3 is 6.18 Å². The molecule has 0 aliphatic carbocycles. The molecule has 1 aromatic carbocycles. The molecule has 2 aliphatic heterocycles. The van der Waals surface area contributed by atoms with E-state index in [4.69, 9.17) is 26.2 Å². The number of hydrogen-bond acceptors (Lipinski definition) is 8. The Bertz CT molecular complexity index is 1340. The molecule has 0 bridgehead atoms. The van der Waals surface area contributed by atoms with Crippen LogP contribution in [0.25, 0.3) is 0 Å².